The van der Waals surface area contributed by atoms with Crippen molar-refractivity contribution in [2.45, 2.75) is 13.3 Å². The van der Waals surface area contributed by atoms with E-state index in [0.717, 1.165) is 0 Å². The van der Waals surface area contributed by atoms with Gasteiger partial charge in [0.05, 0.1) is 20.3 Å². The van der Waals surface area contributed by atoms with Crippen LogP contribution >= 0.6 is 0 Å². The van der Waals surface area contributed by atoms with E-state index in [0.29, 0.717) is 37.2 Å². The maximum Gasteiger partial charge on any atom is 0.229 e. The molecule has 0 saturated carbocycles. The van der Waals surface area contributed by atoms with Crippen molar-refractivity contribution in [3.05, 3.63) is 6.07 Å². The van der Waals surface area contributed by atoms with Gasteiger partial charge in [-0.1, -0.05) is 0 Å². The Hall–Kier alpha value is -2.05. The number of ether oxygens (including phenoxy) is 2. The lowest BCUT2D eigenvalue weighted by Crippen LogP contribution is -2.25. The molecule has 7 nitrogen and oxygen atoms in total. The topological polar surface area (TPSA) is 85.4 Å². The summed E-state index contributed by atoms with van der Waals surface area (Å²) in [6.07, 6.45) is 0.358. The van der Waals surface area contributed by atoms with E-state index in [2.05, 4.69) is 20.6 Å². The molecule has 0 spiro atoms. The molecule has 1 aromatic rings. The lowest BCUT2D eigenvalue weighted by molar-refractivity contribution is -0.120. The Labute approximate surface area is 106 Å². The minimum absolute atomic E-state index is 0.0140. The van der Waals surface area contributed by atoms with Gasteiger partial charge >= 0.3 is 0 Å². The highest BCUT2D eigenvalue weighted by Crippen LogP contribution is 2.16. The lowest BCUT2D eigenvalue weighted by atomic mass is 10.4. The number of carbonyl (C=O) groups excluding carboxylic acids is 1. The molecule has 100 valence electrons. The molecule has 0 aliphatic heterocycles. The number of carbonyl (C=O) groups is 1. The molecule has 0 bridgehead atoms. The first-order valence-corrected chi connectivity index (χ1v) is 5.67. The molecule has 1 amide bonds. The molecule has 0 saturated heterocycles. The van der Waals surface area contributed by atoms with Gasteiger partial charge in [0.1, 0.15) is 0 Å². The molecule has 18 heavy (non-hydrogen) atoms. The molecule has 0 fully saturated rings. The summed E-state index contributed by atoms with van der Waals surface area (Å²) in [7, 11) is 3.03. The SMILES string of the molecule is CCNC(=O)CCNc1nc(OC)cc(OC)n1. The Morgan fingerprint density at radius 1 is 1.28 bits per heavy atom. The molecular formula is C11H18N4O3. The maximum atomic E-state index is 11.2. The van der Waals surface area contributed by atoms with E-state index in [-0.39, 0.29) is 5.91 Å². The number of hydrogen-bond acceptors (Lipinski definition) is 6. The first-order valence-electron chi connectivity index (χ1n) is 5.67. The van der Waals surface area contributed by atoms with Gasteiger partial charge in [-0.05, 0) is 6.92 Å². The minimum atomic E-state index is -0.0140. The second-order valence-electron chi connectivity index (χ2n) is 3.41. The van der Waals surface area contributed by atoms with Crippen LogP contribution in [0.1, 0.15) is 13.3 Å². The Kier molecular flexibility index (Phi) is 5.69. The molecule has 1 aromatic heterocycles. The molecule has 2 N–H and O–H groups in total. The highest BCUT2D eigenvalue weighted by atomic mass is 16.5. The van der Waals surface area contributed by atoms with Gasteiger partial charge in [0.25, 0.3) is 0 Å². The van der Waals surface area contributed by atoms with Crippen LogP contribution in [0.25, 0.3) is 0 Å². The molecule has 1 rings (SSSR count). The third-order valence-corrected chi connectivity index (χ3v) is 2.11. The average Bonchev–Trinajstić information content (AvgIpc) is 2.38. The second-order valence-corrected chi connectivity index (χ2v) is 3.41. The fourth-order valence-electron chi connectivity index (χ4n) is 1.27. The van der Waals surface area contributed by atoms with E-state index >= 15 is 0 Å². The zero-order chi connectivity index (χ0) is 13.4. The van der Waals surface area contributed by atoms with Crippen LogP contribution in [0.4, 0.5) is 5.95 Å². The quantitative estimate of drug-likeness (QED) is 0.734. The Bertz CT molecular complexity index is 376. The van der Waals surface area contributed by atoms with Gasteiger partial charge < -0.3 is 20.1 Å². The second kappa shape index (κ2) is 7.31. The maximum absolute atomic E-state index is 11.2. The highest BCUT2D eigenvalue weighted by Gasteiger charge is 2.05. The third-order valence-electron chi connectivity index (χ3n) is 2.11. The molecule has 0 aliphatic carbocycles. The third kappa shape index (κ3) is 4.44. The number of amides is 1. The van der Waals surface area contributed by atoms with Gasteiger partial charge in [-0.15, -0.1) is 0 Å². The van der Waals surface area contributed by atoms with Crippen LogP contribution in [0.3, 0.4) is 0 Å². The van der Waals surface area contributed by atoms with Crippen LogP contribution in [-0.4, -0.2) is 43.2 Å². The minimum Gasteiger partial charge on any atom is -0.481 e. The molecule has 0 aliphatic rings. The zero-order valence-electron chi connectivity index (χ0n) is 10.8. The van der Waals surface area contributed by atoms with Crippen LogP contribution in [0.15, 0.2) is 6.07 Å². The van der Waals surface area contributed by atoms with Crippen molar-refractivity contribution in [3.63, 3.8) is 0 Å². The van der Waals surface area contributed by atoms with Crippen molar-refractivity contribution in [2.75, 3.05) is 32.6 Å². The molecule has 1 heterocycles. The first-order chi connectivity index (χ1) is 8.69. The number of nitrogens with one attached hydrogen (secondary N) is 2. The van der Waals surface area contributed by atoms with Crippen LogP contribution in [0, 0.1) is 0 Å². The fraction of sp³-hybridized carbons (Fsp3) is 0.545. The van der Waals surface area contributed by atoms with Gasteiger partial charge in [0.15, 0.2) is 0 Å². The first kappa shape index (κ1) is 14.0. The van der Waals surface area contributed by atoms with E-state index in [1.165, 1.54) is 14.2 Å². The van der Waals surface area contributed by atoms with E-state index in [1.807, 2.05) is 6.92 Å². The predicted octanol–water partition coefficient (Wildman–Crippen LogP) is 0.432. The number of methoxy groups -OCH3 is 2. The molecule has 7 heteroatoms. The van der Waals surface area contributed by atoms with Gasteiger partial charge in [-0.2, -0.15) is 9.97 Å². The lowest BCUT2D eigenvalue weighted by Gasteiger charge is -2.08. The standard InChI is InChI=1S/C11H18N4O3/c1-4-12-8(16)5-6-13-11-14-9(17-2)7-10(15-11)18-3/h7H,4-6H2,1-3H3,(H,12,16)(H,13,14,15). The van der Waals surface area contributed by atoms with Crippen molar-refractivity contribution < 1.29 is 14.3 Å². The Morgan fingerprint density at radius 3 is 2.39 bits per heavy atom. The van der Waals surface area contributed by atoms with E-state index in [4.69, 9.17) is 9.47 Å². The van der Waals surface area contributed by atoms with Crippen molar-refractivity contribution in [2.24, 2.45) is 0 Å². The highest BCUT2D eigenvalue weighted by molar-refractivity contribution is 5.76. The number of rotatable bonds is 7. The summed E-state index contributed by atoms with van der Waals surface area (Å²) in [6, 6.07) is 1.58. The summed E-state index contributed by atoms with van der Waals surface area (Å²) >= 11 is 0. The van der Waals surface area contributed by atoms with Gasteiger partial charge in [-0.3, -0.25) is 4.79 Å². The largest absolute Gasteiger partial charge is 0.481 e. The van der Waals surface area contributed by atoms with E-state index in [1.54, 1.807) is 6.07 Å². The number of nitrogens with zero attached hydrogens (tertiary/aromatic N) is 2. The molecular weight excluding hydrogens is 236 g/mol. The normalized spacial score (nSPS) is 9.72. The van der Waals surface area contributed by atoms with E-state index < -0.39 is 0 Å². The summed E-state index contributed by atoms with van der Waals surface area (Å²) in [6.45, 7) is 2.95. The number of anilines is 1. The van der Waals surface area contributed by atoms with Crippen LogP contribution in [0.2, 0.25) is 0 Å². The summed E-state index contributed by atoms with van der Waals surface area (Å²) in [5.41, 5.74) is 0. The van der Waals surface area contributed by atoms with Gasteiger partial charge in [-0.25, -0.2) is 0 Å². The Morgan fingerprint density at radius 2 is 1.89 bits per heavy atom. The van der Waals surface area contributed by atoms with Crippen molar-refractivity contribution >= 4 is 11.9 Å². The summed E-state index contributed by atoms with van der Waals surface area (Å²) in [5.74, 6) is 1.17. The van der Waals surface area contributed by atoms with Crippen LogP contribution in [0.5, 0.6) is 11.8 Å². The molecule has 0 unspecified atom stereocenters. The number of hydrogen-bond donors (Lipinski definition) is 2. The predicted molar refractivity (Wildman–Crippen MR) is 66.9 cm³/mol. The van der Waals surface area contributed by atoms with Crippen molar-refractivity contribution in [3.8, 4) is 11.8 Å². The summed E-state index contributed by atoms with van der Waals surface area (Å²) in [5, 5.41) is 5.65. The van der Waals surface area contributed by atoms with Crippen LogP contribution in [-0.2, 0) is 4.79 Å². The molecule has 0 aromatic carbocycles. The van der Waals surface area contributed by atoms with Gasteiger partial charge in [0.2, 0.25) is 23.6 Å². The summed E-state index contributed by atoms with van der Waals surface area (Å²) < 4.78 is 10.0. The van der Waals surface area contributed by atoms with E-state index in [9.17, 15) is 4.79 Å². The molecule has 0 radical (unpaired) electrons. The smallest absolute Gasteiger partial charge is 0.229 e. The number of aromatic nitrogens is 2. The Balaban J connectivity index is 2.53. The fourth-order valence-corrected chi connectivity index (χ4v) is 1.27. The summed E-state index contributed by atoms with van der Waals surface area (Å²) in [4.78, 5) is 19.4. The van der Waals surface area contributed by atoms with Crippen molar-refractivity contribution in [1.29, 1.82) is 0 Å². The van der Waals surface area contributed by atoms with Crippen molar-refractivity contribution in [1.82, 2.24) is 15.3 Å². The van der Waals surface area contributed by atoms with Crippen LogP contribution < -0.4 is 20.1 Å². The monoisotopic (exact) mass is 254 g/mol. The van der Waals surface area contributed by atoms with Gasteiger partial charge in [0, 0.05) is 19.5 Å². The molecule has 0 atom stereocenters. The average molecular weight is 254 g/mol. The zero-order valence-corrected chi connectivity index (χ0v) is 10.8.